The van der Waals surface area contributed by atoms with Crippen molar-refractivity contribution in [1.29, 1.82) is 0 Å². The number of likely N-dealkylation sites (N-methyl/N-ethyl adjacent to an activating group) is 1. The van der Waals surface area contributed by atoms with E-state index in [2.05, 4.69) is 0 Å². The van der Waals surface area contributed by atoms with Crippen LogP contribution in [0.4, 0.5) is 0 Å². The Balaban J connectivity index is 2.02. The zero-order valence-electron chi connectivity index (χ0n) is 11.7. The molecule has 1 amide bonds. The SMILES string of the molecule is CCN(CC(C)C(=O)O)C(=O)C1Cc2ccccc2O1. The number of para-hydroxylation sites is 1. The first-order valence-corrected chi connectivity index (χ1v) is 6.79. The molecule has 1 aliphatic rings. The largest absolute Gasteiger partial charge is 0.481 e. The van der Waals surface area contributed by atoms with Gasteiger partial charge in [0.25, 0.3) is 5.91 Å². The van der Waals surface area contributed by atoms with Gasteiger partial charge in [-0.15, -0.1) is 0 Å². The van der Waals surface area contributed by atoms with Gasteiger partial charge in [-0.1, -0.05) is 25.1 Å². The molecule has 0 saturated heterocycles. The molecule has 1 N–H and O–H groups in total. The van der Waals surface area contributed by atoms with Crippen LogP contribution in [0.3, 0.4) is 0 Å². The normalized spacial score (nSPS) is 18.0. The summed E-state index contributed by atoms with van der Waals surface area (Å²) in [5, 5.41) is 8.95. The van der Waals surface area contributed by atoms with Crippen molar-refractivity contribution >= 4 is 11.9 Å². The van der Waals surface area contributed by atoms with Crippen LogP contribution < -0.4 is 4.74 Å². The molecule has 0 fully saturated rings. The minimum absolute atomic E-state index is 0.142. The van der Waals surface area contributed by atoms with Gasteiger partial charge in [0.05, 0.1) is 5.92 Å². The highest BCUT2D eigenvalue weighted by Gasteiger charge is 2.32. The third kappa shape index (κ3) is 2.92. The van der Waals surface area contributed by atoms with Gasteiger partial charge in [-0.05, 0) is 18.6 Å². The molecular weight excluding hydrogens is 258 g/mol. The molecule has 20 heavy (non-hydrogen) atoms. The highest BCUT2D eigenvalue weighted by molar-refractivity contribution is 5.83. The van der Waals surface area contributed by atoms with E-state index in [0.29, 0.717) is 13.0 Å². The Labute approximate surface area is 118 Å². The standard InChI is InChI=1S/C15H19NO4/c1-3-16(9-10(2)15(18)19)14(17)13-8-11-6-4-5-7-12(11)20-13/h4-7,10,13H,3,8-9H2,1-2H3,(H,18,19). The molecule has 0 saturated carbocycles. The number of benzene rings is 1. The lowest BCUT2D eigenvalue weighted by Crippen LogP contribution is -2.44. The monoisotopic (exact) mass is 277 g/mol. The molecular formula is C15H19NO4. The van der Waals surface area contributed by atoms with Gasteiger partial charge in [0.15, 0.2) is 6.10 Å². The number of amides is 1. The highest BCUT2D eigenvalue weighted by atomic mass is 16.5. The number of ether oxygens (including phenoxy) is 1. The lowest BCUT2D eigenvalue weighted by molar-refractivity contribution is -0.144. The Bertz CT molecular complexity index is 489. The summed E-state index contributed by atoms with van der Waals surface area (Å²) in [6, 6.07) is 7.58. The molecule has 5 heteroatoms. The highest BCUT2D eigenvalue weighted by Crippen LogP contribution is 2.29. The van der Waals surface area contributed by atoms with Crippen LogP contribution in [0.15, 0.2) is 24.3 Å². The van der Waals surface area contributed by atoms with E-state index in [1.165, 1.54) is 0 Å². The Morgan fingerprint density at radius 2 is 2.15 bits per heavy atom. The third-order valence-electron chi connectivity index (χ3n) is 3.53. The molecule has 0 spiro atoms. The van der Waals surface area contributed by atoms with Crippen LogP contribution in [0.1, 0.15) is 19.4 Å². The van der Waals surface area contributed by atoms with E-state index in [-0.39, 0.29) is 12.5 Å². The first kappa shape index (κ1) is 14.4. The van der Waals surface area contributed by atoms with Crippen molar-refractivity contribution in [2.45, 2.75) is 26.4 Å². The summed E-state index contributed by atoms with van der Waals surface area (Å²) < 4.78 is 5.65. The number of fused-ring (bicyclic) bond motifs is 1. The minimum atomic E-state index is -0.896. The second-order valence-electron chi connectivity index (χ2n) is 5.03. The summed E-state index contributed by atoms with van der Waals surface area (Å²) >= 11 is 0. The Kier molecular flexibility index (Phi) is 4.27. The van der Waals surface area contributed by atoms with Crippen molar-refractivity contribution < 1.29 is 19.4 Å². The molecule has 2 rings (SSSR count). The number of hydrogen-bond donors (Lipinski definition) is 1. The van der Waals surface area contributed by atoms with Gasteiger partial charge in [0, 0.05) is 19.5 Å². The number of carboxylic acid groups (broad SMARTS) is 1. The third-order valence-corrected chi connectivity index (χ3v) is 3.53. The van der Waals surface area contributed by atoms with Gasteiger partial charge in [0.1, 0.15) is 5.75 Å². The minimum Gasteiger partial charge on any atom is -0.481 e. The fraction of sp³-hybridized carbons (Fsp3) is 0.467. The van der Waals surface area contributed by atoms with Crippen LogP contribution in [0, 0.1) is 5.92 Å². The molecule has 0 aromatic heterocycles. The molecule has 5 nitrogen and oxygen atoms in total. The second kappa shape index (κ2) is 5.94. The predicted molar refractivity (Wildman–Crippen MR) is 73.6 cm³/mol. The summed E-state index contributed by atoms with van der Waals surface area (Å²) in [5.41, 5.74) is 1.02. The maximum absolute atomic E-state index is 12.4. The number of rotatable bonds is 5. The maximum Gasteiger partial charge on any atom is 0.308 e. The summed E-state index contributed by atoms with van der Waals surface area (Å²) in [5.74, 6) is -0.875. The van der Waals surface area contributed by atoms with Crippen molar-refractivity contribution in [2.24, 2.45) is 5.92 Å². The number of carboxylic acids is 1. The number of aliphatic carboxylic acids is 1. The van der Waals surface area contributed by atoms with Gasteiger partial charge < -0.3 is 14.7 Å². The summed E-state index contributed by atoms with van der Waals surface area (Å²) in [6.45, 7) is 4.13. The lowest BCUT2D eigenvalue weighted by atomic mass is 10.1. The molecule has 1 aromatic rings. The fourth-order valence-corrected chi connectivity index (χ4v) is 2.31. The molecule has 0 aliphatic carbocycles. The summed E-state index contributed by atoms with van der Waals surface area (Å²) in [7, 11) is 0. The molecule has 108 valence electrons. The number of nitrogens with zero attached hydrogens (tertiary/aromatic N) is 1. The van der Waals surface area contributed by atoms with Crippen molar-refractivity contribution in [3.63, 3.8) is 0 Å². The van der Waals surface area contributed by atoms with Gasteiger partial charge in [0.2, 0.25) is 0 Å². The quantitative estimate of drug-likeness (QED) is 0.887. The number of carbonyl (C=O) groups is 2. The number of hydrogen-bond acceptors (Lipinski definition) is 3. The van der Waals surface area contributed by atoms with Gasteiger partial charge >= 0.3 is 5.97 Å². The van der Waals surface area contributed by atoms with E-state index in [0.717, 1.165) is 11.3 Å². The first-order valence-electron chi connectivity index (χ1n) is 6.79. The van der Waals surface area contributed by atoms with Crippen LogP contribution >= 0.6 is 0 Å². The molecule has 2 atom stereocenters. The van der Waals surface area contributed by atoms with Crippen LogP contribution in [-0.4, -0.2) is 41.1 Å². The Morgan fingerprint density at radius 3 is 2.75 bits per heavy atom. The zero-order chi connectivity index (χ0) is 14.7. The predicted octanol–water partition coefficient (Wildman–Crippen LogP) is 1.56. The van der Waals surface area contributed by atoms with Crippen molar-refractivity contribution in [1.82, 2.24) is 4.90 Å². The molecule has 1 heterocycles. The van der Waals surface area contributed by atoms with Crippen LogP contribution in [0.2, 0.25) is 0 Å². The van der Waals surface area contributed by atoms with Crippen LogP contribution in [-0.2, 0) is 16.0 Å². The zero-order valence-corrected chi connectivity index (χ0v) is 11.7. The second-order valence-corrected chi connectivity index (χ2v) is 5.03. The van der Waals surface area contributed by atoms with E-state index in [4.69, 9.17) is 9.84 Å². The topological polar surface area (TPSA) is 66.8 Å². The average Bonchev–Trinajstić information content (AvgIpc) is 2.87. The first-order chi connectivity index (χ1) is 9.52. The average molecular weight is 277 g/mol. The van der Waals surface area contributed by atoms with Crippen LogP contribution in [0.25, 0.3) is 0 Å². The van der Waals surface area contributed by atoms with E-state index in [1.807, 2.05) is 31.2 Å². The van der Waals surface area contributed by atoms with Gasteiger partial charge in [-0.3, -0.25) is 9.59 Å². The van der Waals surface area contributed by atoms with Gasteiger partial charge in [-0.2, -0.15) is 0 Å². The van der Waals surface area contributed by atoms with Crippen LogP contribution in [0.5, 0.6) is 5.75 Å². The Hall–Kier alpha value is -2.04. The van der Waals surface area contributed by atoms with Crippen molar-refractivity contribution in [3.05, 3.63) is 29.8 Å². The van der Waals surface area contributed by atoms with E-state index >= 15 is 0 Å². The molecule has 0 radical (unpaired) electrons. The molecule has 1 aliphatic heterocycles. The molecule has 0 bridgehead atoms. The summed E-state index contributed by atoms with van der Waals surface area (Å²) in [6.07, 6.45) is 0.0146. The Morgan fingerprint density at radius 1 is 1.45 bits per heavy atom. The summed E-state index contributed by atoms with van der Waals surface area (Å²) in [4.78, 5) is 24.9. The van der Waals surface area contributed by atoms with Gasteiger partial charge in [-0.25, -0.2) is 0 Å². The molecule has 1 aromatic carbocycles. The van der Waals surface area contributed by atoms with E-state index in [1.54, 1.807) is 11.8 Å². The lowest BCUT2D eigenvalue weighted by Gasteiger charge is -2.25. The van der Waals surface area contributed by atoms with Crippen molar-refractivity contribution in [3.8, 4) is 5.75 Å². The van der Waals surface area contributed by atoms with E-state index < -0.39 is 18.0 Å². The molecule has 2 unspecified atom stereocenters. The van der Waals surface area contributed by atoms with E-state index in [9.17, 15) is 9.59 Å². The van der Waals surface area contributed by atoms with Crippen molar-refractivity contribution in [2.75, 3.05) is 13.1 Å². The smallest absolute Gasteiger partial charge is 0.308 e. The maximum atomic E-state index is 12.4. The fourth-order valence-electron chi connectivity index (χ4n) is 2.31. The number of carbonyl (C=O) groups excluding carboxylic acids is 1.